The van der Waals surface area contributed by atoms with E-state index in [4.69, 9.17) is 21.1 Å². The summed E-state index contributed by atoms with van der Waals surface area (Å²) in [5.74, 6) is 1.02. The normalized spacial score (nSPS) is 29.5. The molecule has 4 N–H and O–H groups in total. The van der Waals surface area contributed by atoms with Gasteiger partial charge in [0, 0.05) is 18.0 Å². The molecule has 2 unspecified atom stereocenters. The molecule has 136 valence electrons. The first-order valence-electron chi connectivity index (χ1n) is 6.81. The van der Waals surface area contributed by atoms with Gasteiger partial charge in [0.15, 0.2) is 6.23 Å². The minimum Gasteiger partial charge on any atom is -0.387 e. The smallest absolute Gasteiger partial charge is 0.330 e. The van der Waals surface area contributed by atoms with Gasteiger partial charge in [0.25, 0.3) is 5.56 Å². The Labute approximate surface area is 151 Å². The molecule has 0 radical (unpaired) electrons. The maximum atomic E-state index is 11.8. The zero-order chi connectivity index (χ0) is 17.9. The van der Waals surface area contributed by atoms with Crippen LogP contribution >= 0.6 is 29.7 Å². The molecule has 2 rings (SSSR count). The molecule has 1 saturated heterocycles. The lowest BCUT2D eigenvalue weighted by Gasteiger charge is -2.19. The van der Waals surface area contributed by atoms with Crippen LogP contribution in [-0.4, -0.2) is 61.1 Å². The predicted molar refractivity (Wildman–Crippen MR) is 96.0 cm³/mol. The van der Waals surface area contributed by atoms with Crippen LogP contribution in [0.1, 0.15) is 6.23 Å². The van der Waals surface area contributed by atoms with Crippen LogP contribution in [0.4, 0.5) is 0 Å². The number of hydrogen-bond donors (Lipinski definition) is 5. The van der Waals surface area contributed by atoms with Crippen molar-refractivity contribution in [3.05, 3.63) is 33.1 Å². The third kappa shape index (κ3) is 4.93. The third-order valence-electron chi connectivity index (χ3n) is 3.21. The molecule has 1 fully saturated rings. The van der Waals surface area contributed by atoms with Crippen LogP contribution in [0.3, 0.4) is 0 Å². The summed E-state index contributed by atoms with van der Waals surface area (Å²) in [7, 11) is 0. The maximum Gasteiger partial charge on any atom is 0.330 e. The van der Waals surface area contributed by atoms with Gasteiger partial charge in [0.1, 0.15) is 18.3 Å². The van der Waals surface area contributed by atoms with Crippen LogP contribution in [0.15, 0.2) is 21.9 Å². The average Bonchev–Trinajstić information content (AvgIpc) is 2.79. The van der Waals surface area contributed by atoms with Crippen molar-refractivity contribution in [2.75, 3.05) is 18.1 Å². The quantitative estimate of drug-likeness (QED) is 0.282. The largest absolute Gasteiger partial charge is 0.387 e. The number of thiol groups is 1. The summed E-state index contributed by atoms with van der Waals surface area (Å²) in [5.41, 5.74) is -4.48. The molecule has 0 saturated carbocycles. The molecule has 1 aliphatic heterocycles. The van der Waals surface area contributed by atoms with Gasteiger partial charge in [-0.05, 0) is 17.6 Å². The SMILES string of the molecule is O=c1ccn([C@@H]2O[C@H](COP(O)(=S)SCCS)[C@H](O)C2O)c(=O)[nH]1. The highest BCUT2D eigenvalue weighted by Gasteiger charge is 2.44. The molecular formula is C11H17N2O7PS3. The molecular weight excluding hydrogens is 399 g/mol. The van der Waals surface area contributed by atoms with E-state index in [-0.39, 0.29) is 6.61 Å². The molecule has 1 aromatic heterocycles. The monoisotopic (exact) mass is 416 g/mol. The van der Waals surface area contributed by atoms with Crippen LogP contribution in [-0.2, 0) is 21.1 Å². The first kappa shape index (κ1) is 20.1. The Kier molecular flexibility index (Phi) is 7.11. The Balaban J connectivity index is 2.06. The van der Waals surface area contributed by atoms with E-state index in [9.17, 15) is 24.7 Å². The van der Waals surface area contributed by atoms with E-state index in [2.05, 4.69) is 12.6 Å². The summed E-state index contributed by atoms with van der Waals surface area (Å²) < 4.78 is 11.6. The van der Waals surface area contributed by atoms with Gasteiger partial charge in [-0.25, -0.2) is 4.79 Å². The van der Waals surface area contributed by atoms with Gasteiger partial charge in [-0.2, -0.15) is 12.6 Å². The zero-order valence-electron chi connectivity index (χ0n) is 12.2. The topological polar surface area (TPSA) is 134 Å². The van der Waals surface area contributed by atoms with E-state index in [0.717, 1.165) is 28.2 Å². The Morgan fingerprint density at radius 3 is 2.79 bits per heavy atom. The first-order valence-corrected chi connectivity index (χ1v) is 11.7. The highest BCUT2D eigenvalue weighted by atomic mass is 32.9. The van der Waals surface area contributed by atoms with Crippen LogP contribution in [0, 0.1) is 0 Å². The number of rotatable bonds is 7. The molecule has 0 aliphatic carbocycles. The summed E-state index contributed by atoms with van der Waals surface area (Å²) in [6, 6.07) is 1.09. The first-order chi connectivity index (χ1) is 11.2. The number of aromatic nitrogens is 2. The molecule has 9 nitrogen and oxygen atoms in total. The molecule has 0 amide bonds. The van der Waals surface area contributed by atoms with Crippen LogP contribution in [0.5, 0.6) is 0 Å². The number of nitrogens with zero attached hydrogens (tertiary/aromatic N) is 1. The van der Waals surface area contributed by atoms with E-state index >= 15 is 0 Å². The van der Waals surface area contributed by atoms with Gasteiger partial charge < -0.3 is 24.4 Å². The van der Waals surface area contributed by atoms with Crippen molar-refractivity contribution in [3.63, 3.8) is 0 Å². The highest BCUT2D eigenvalue weighted by Crippen LogP contribution is 2.56. The third-order valence-corrected chi connectivity index (χ3v) is 8.03. The summed E-state index contributed by atoms with van der Waals surface area (Å²) in [6.45, 7) is -0.250. The van der Waals surface area contributed by atoms with Crippen LogP contribution in [0.25, 0.3) is 0 Å². The molecule has 13 heteroatoms. The number of nitrogens with one attached hydrogen (secondary N) is 1. The van der Waals surface area contributed by atoms with Crippen molar-refractivity contribution in [2.24, 2.45) is 0 Å². The Morgan fingerprint density at radius 1 is 1.46 bits per heavy atom. The zero-order valence-corrected chi connectivity index (χ0v) is 15.6. The van der Waals surface area contributed by atoms with Crippen molar-refractivity contribution in [2.45, 2.75) is 24.5 Å². The Bertz CT molecular complexity index is 726. The molecule has 1 aliphatic rings. The summed E-state index contributed by atoms with van der Waals surface area (Å²) >= 11 is 10.0. The lowest BCUT2D eigenvalue weighted by atomic mass is 10.1. The number of H-pyrrole nitrogens is 1. The van der Waals surface area contributed by atoms with E-state index in [1.54, 1.807) is 0 Å². The molecule has 0 aromatic carbocycles. The van der Waals surface area contributed by atoms with Crippen molar-refractivity contribution >= 4 is 41.5 Å². The fraction of sp³-hybridized carbons (Fsp3) is 0.636. The minimum atomic E-state index is -3.10. The van der Waals surface area contributed by atoms with Crippen molar-refractivity contribution < 1.29 is 24.4 Å². The number of ether oxygens (including phenoxy) is 1. The number of hydrogen-bond acceptors (Lipinski definition) is 9. The highest BCUT2D eigenvalue weighted by molar-refractivity contribution is 8.67. The van der Waals surface area contributed by atoms with Crippen molar-refractivity contribution in [1.29, 1.82) is 0 Å². The predicted octanol–water partition coefficient (Wildman–Crippen LogP) is -0.948. The van der Waals surface area contributed by atoms with E-state index in [0.29, 0.717) is 11.5 Å². The summed E-state index contributed by atoms with van der Waals surface area (Å²) in [5, 5.41) is 20.1. The van der Waals surface area contributed by atoms with Gasteiger partial charge in [-0.1, -0.05) is 11.4 Å². The van der Waals surface area contributed by atoms with Crippen LogP contribution in [0.2, 0.25) is 0 Å². The maximum absolute atomic E-state index is 11.8. The minimum absolute atomic E-state index is 0.250. The molecule has 0 spiro atoms. The van der Waals surface area contributed by atoms with Crippen molar-refractivity contribution in [3.8, 4) is 0 Å². The van der Waals surface area contributed by atoms with Gasteiger partial charge in [-0.3, -0.25) is 14.3 Å². The number of aromatic amines is 1. The molecule has 24 heavy (non-hydrogen) atoms. The number of aliphatic hydroxyl groups is 2. The fourth-order valence-corrected chi connectivity index (χ4v) is 5.74. The van der Waals surface area contributed by atoms with Gasteiger partial charge >= 0.3 is 5.69 Å². The lowest BCUT2D eigenvalue weighted by molar-refractivity contribution is -0.0511. The van der Waals surface area contributed by atoms with Crippen LogP contribution < -0.4 is 11.2 Å². The van der Waals surface area contributed by atoms with Crippen molar-refractivity contribution in [1.82, 2.24) is 9.55 Å². The summed E-state index contributed by atoms with van der Waals surface area (Å²) in [4.78, 5) is 34.8. The second-order valence-corrected chi connectivity index (χ2v) is 11.6. The molecule has 0 bridgehead atoms. The Morgan fingerprint density at radius 2 is 2.17 bits per heavy atom. The second-order valence-electron chi connectivity index (χ2n) is 4.88. The second kappa shape index (κ2) is 8.47. The van der Waals surface area contributed by atoms with E-state index < -0.39 is 41.5 Å². The van der Waals surface area contributed by atoms with E-state index in [1.165, 1.54) is 0 Å². The van der Waals surface area contributed by atoms with Gasteiger partial charge in [0.05, 0.1) is 6.61 Å². The lowest BCUT2D eigenvalue weighted by Crippen LogP contribution is -2.37. The Hall–Kier alpha value is -0.170. The van der Waals surface area contributed by atoms with E-state index in [1.807, 2.05) is 4.98 Å². The standard InChI is InChI=1S/C11H17N2O7PS3/c14-7-1-2-13(11(17)12-7)10-9(16)8(15)6(20-10)5-19-21(18,23)24-4-3-22/h1-2,6,8-10,15-16,22H,3-5H2,(H,18,23)(H,12,14,17)/t6-,8+,9?,10-,21?/m1/s1. The van der Waals surface area contributed by atoms with Gasteiger partial charge in [-0.15, -0.1) is 0 Å². The molecule has 5 atom stereocenters. The number of aliphatic hydroxyl groups excluding tert-OH is 2. The fourth-order valence-electron chi connectivity index (χ4n) is 2.09. The average molecular weight is 416 g/mol. The van der Waals surface area contributed by atoms with Gasteiger partial charge in [0.2, 0.25) is 5.69 Å². The molecule has 2 heterocycles. The summed E-state index contributed by atoms with van der Waals surface area (Å²) in [6.07, 6.45) is -3.79. The molecule has 1 aromatic rings.